The van der Waals surface area contributed by atoms with Crippen molar-refractivity contribution in [2.45, 2.75) is 38.3 Å². The zero-order valence-corrected chi connectivity index (χ0v) is 10.1. The summed E-state index contributed by atoms with van der Waals surface area (Å²) in [7, 11) is -5.78. The molecule has 0 aromatic heterocycles. The summed E-state index contributed by atoms with van der Waals surface area (Å²) < 4.78 is 65.7. The van der Waals surface area contributed by atoms with Crippen LogP contribution in [-0.4, -0.2) is 32.6 Å². The van der Waals surface area contributed by atoms with Gasteiger partial charge in [-0.15, -0.1) is 0 Å². The number of ether oxygens (including phenoxy) is 1. The van der Waals surface area contributed by atoms with E-state index in [2.05, 4.69) is 8.92 Å². The quantitative estimate of drug-likeness (QED) is 0.419. The van der Waals surface area contributed by atoms with Crippen LogP contribution in [0.5, 0.6) is 0 Å². The number of esters is 1. The summed E-state index contributed by atoms with van der Waals surface area (Å²) in [5.74, 6) is -1.12. The van der Waals surface area contributed by atoms with Crippen LogP contribution in [0.15, 0.2) is 0 Å². The molecule has 0 aromatic carbocycles. The van der Waals surface area contributed by atoms with E-state index in [9.17, 15) is 26.4 Å². The highest BCUT2D eigenvalue weighted by Gasteiger charge is 2.49. The van der Waals surface area contributed by atoms with Crippen molar-refractivity contribution in [2.75, 3.05) is 6.61 Å². The Labute approximate surface area is 97.0 Å². The van der Waals surface area contributed by atoms with Gasteiger partial charge in [-0.05, 0) is 13.3 Å². The lowest BCUT2D eigenvalue weighted by Gasteiger charge is -2.16. The van der Waals surface area contributed by atoms with Crippen LogP contribution >= 0.6 is 0 Å². The fourth-order valence-corrected chi connectivity index (χ4v) is 1.50. The van der Waals surface area contributed by atoms with Crippen molar-refractivity contribution in [3.8, 4) is 0 Å². The molecule has 0 radical (unpaired) electrons. The molecule has 0 aliphatic rings. The fourth-order valence-electron chi connectivity index (χ4n) is 0.910. The smallest absolute Gasteiger partial charge is 0.464 e. The second kappa shape index (κ2) is 6.20. The lowest BCUT2D eigenvalue weighted by molar-refractivity contribution is -0.152. The SMILES string of the molecule is CCC[C@@H](OS(=O)(=O)C(F)(F)F)C(=O)OCC. The normalized spacial score (nSPS) is 14.4. The number of carbonyl (C=O) groups is 1. The number of carbonyl (C=O) groups excluding carboxylic acids is 1. The van der Waals surface area contributed by atoms with Gasteiger partial charge in [0, 0.05) is 0 Å². The maximum atomic E-state index is 12.0. The van der Waals surface area contributed by atoms with Crippen molar-refractivity contribution in [3.63, 3.8) is 0 Å². The average Bonchev–Trinajstić information content (AvgIpc) is 2.15. The molecule has 0 saturated heterocycles. The molecular formula is C8H13F3O5S. The van der Waals surface area contributed by atoms with Crippen molar-refractivity contribution < 1.29 is 35.3 Å². The number of halogens is 3. The molecule has 0 aliphatic carbocycles. The first-order valence-corrected chi connectivity index (χ1v) is 6.22. The van der Waals surface area contributed by atoms with Crippen LogP contribution in [0.3, 0.4) is 0 Å². The molecule has 9 heteroatoms. The Balaban J connectivity index is 4.83. The summed E-state index contributed by atoms with van der Waals surface area (Å²) in [5.41, 5.74) is -5.55. The van der Waals surface area contributed by atoms with Gasteiger partial charge in [0.2, 0.25) is 0 Å². The minimum atomic E-state index is -5.78. The van der Waals surface area contributed by atoms with Crippen LogP contribution in [0.1, 0.15) is 26.7 Å². The van der Waals surface area contributed by atoms with Gasteiger partial charge in [-0.25, -0.2) is 8.98 Å². The number of rotatable bonds is 6. The van der Waals surface area contributed by atoms with Crippen molar-refractivity contribution in [1.29, 1.82) is 0 Å². The monoisotopic (exact) mass is 278 g/mol. The van der Waals surface area contributed by atoms with E-state index >= 15 is 0 Å². The lowest BCUT2D eigenvalue weighted by atomic mass is 10.2. The average molecular weight is 278 g/mol. The molecule has 0 aromatic rings. The van der Waals surface area contributed by atoms with Crippen LogP contribution in [0.25, 0.3) is 0 Å². The van der Waals surface area contributed by atoms with Gasteiger partial charge in [0.15, 0.2) is 6.10 Å². The van der Waals surface area contributed by atoms with E-state index in [1.165, 1.54) is 6.92 Å². The Hall–Kier alpha value is -0.830. The predicted octanol–water partition coefficient (Wildman–Crippen LogP) is 1.58. The highest BCUT2D eigenvalue weighted by Crippen LogP contribution is 2.26. The fraction of sp³-hybridized carbons (Fsp3) is 0.875. The van der Waals surface area contributed by atoms with Gasteiger partial charge in [0.05, 0.1) is 6.61 Å². The molecule has 17 heavy (non-hydrogen) atoms. The third kappa shape index (κ3) is 4.90. The first-order chi connectivity index (χ1) is 7.65. The largest absolute Gasteiger partial charge is 0.523 e. The summed E-state index contributed by atoms with van der Waals surface area (Å²) in [6.07, 6.45) is -1.66. The maximum Gasteiger partial charge on any atom is 0.523 e. The summed E-state index contributed by atoms with van der Waals surface area (Å²) in [4.78, 5) is 11.2. The van der Waals surface area contributed by atoms with Crippen molar-refractivity contribution in [2.24, 2.45) is 0 Å². The maximum absolute atomic E-state index is 12.0. The summed E-state index contributed by atoms with van der Waals surface area (Å²) >= 11 is 0. The van der Waals surface area contributed by atoms with Gasteiger partial charge in [-0.2, -0.15) is 21.6 Å². The molecular weight excluding hydrogens is 265 g/mol. The second-order valence-corrected chi connectivity index (χ2v) is 4.59. The minimum absolute atomic E-state index is 0.0749. The topological polar surface area (TPSA) is 69.7 Å². The Morgan fingerprint density at radius 2 is 1.82 bits per heavy atom. The van der Waals surface area contributed by atoms with Crippen LogP contribution in [-0.2, 0) is 23.8 Å². The van der Waals surface area contributed by atoms with Crippen LogP contribution in [0.2, 0.25) is 0 Å². The molecule has 1 atom stereocenters. The Morgan fingerprint density at radius 3 is 2.18 bits per heavy atom. The van der Waals surface area contributed by atoms with E-state index in [1.807, 2.05) is 0 Å². The van der Waals surface area contributed by atoms with E-state index in [1.54, 1.807) is 6.92 Å². The van der Waals surface area contributed by atoms with Crippen molar-refractivity contribution in [3.05, 3.63) is 0 Å². The molecule has 0 aliphatic heterocycles. The molecule has 5 nitrogen and oxygen atoms in total. The van der Waals surface area contributed by atoms with E-state index in [0.29, 0.717) is 0 Å². The molecule has 0 amide bonds. The second-order valence-electron chi connectivity index (χ2n) is 3.03. The number of alkyl halides is 3. The van der Waals surface area contributed by atoms with E-state index in [0.717, 1.165) is 0 Å². The highest BCUT2D eigenvalue weighted by atomic mass is 32.2. The van der Waals surface area contributed by atoms with Crippen LogP contribution in [0.4, 0.5) is 13.2 Å². The highest BCUT2D eigenvalue weighted by molar-refractivity contribution is 7.87. The van der Waals surface area contributed by atoms with E-state index < -0.39 is 27.7 Å². The summed E-state index contributed by atoms with van der Waals surface area (Å²) in [6, 6.07) is 0. The molecule has 0 unspecified atom stereocenters. The Kier molecular flexibility index (Phi) is 5.89. The molecule has 0 spiro atoms. The van der Waals surface area contributed by atoms with Gasteiger partial charge in [0.25, 0.3) is 0 Å². The Bertz CT molecular complexity index is 349. The summed E-state index contributed by atoms with van der Waals surface area (Å²) in [5, 5.41) is 0. The zero-order valence-electron chi connectivity index (χ0n) is 9.28. The molecule has 0 N–H and O–H groups in total. The number of hydrogen-bond acceptors (Lipinski definition) is 5. The predicted molar refractivity (Wildman–Crippen MR) is 51.4 cm³/mol. The molecule has 0 saturated carbocycles. The standard InChI is InChI=1S/C8H13F3O5S/c1-3-5-6(7(12)15-4-2)16-17(13,14)8(9,10)11/h6H,3-5H2,1-2H3/t6-/m1/s1. The van der Waals surface area contributed by atoms with Crippen LogP contribution in [0, 0.1) is 0 Å². The zero-order chi connectivity index (χ0) is 13.7. The van der Waals surface area contributed by atoms with Crippen LogP contribution < -0.4 is 0 Å². The third-order valence-electron chi connectivity index (χ3n) is 1.63. The molecule has 0 fully saturated rings. The van der Waals surface area contributed by atoms with Gasteiger partial charge >= 0.3 is 21.6 Å². The van der Waals surface area contributed by atoms with Gasteiger partial charge in [-0.1, -0.05) is 13.3 Å². The van der Waals surface area contributed by atoms with Crippen molar-refractivity contribution in [1.82, 2.24) is 0 Å². The van der Waals surface area contributed by atoms with Gasteiger partial charge < -0.3 is 4.74 Å². The van der Waals surface area contributed by atoms with Gasteiger partial charge in [-0.3, -0.25) is 0 Å². The van der Waals surface area contributed by atoms with E-state index in [-0.39, 0.29) is 19.4 Å². The van der Waals surface area contributed by atoms with E-state index in [4.69, 9.17) is 0 Å². The lowest BCUT2D eigenvalue weighted by Crippen LogP contribution is -2.35. The first kappa shape index (κ1) is 16.2. The Morgan fingerprint density at radius 1 is 1.29 bits per heavy atom. The number of hydrogen-bond donors (Lipinski definition) is 0. The van der Waals surface area contributed by atoms with Gasteiger partial charge in [0.1, 0.15) is 0 Å². The van der Waals surface area contributed by atoms with Crippen molar-refractivity contribution >= 4 is 16.1 Å². The third-order valence-corrected chi connectivity index (χ3v) is 2.68. The molecule has 0 heterocycles. The molecule has 0 rings (SSSR count). The molecule has 102 valence electrons. The summed E-state index contributed by atoms with van der Waals surface area (Å²) in [6.45, 7) is 2.93. The molecule has 0 bridgehead atoms. The first-order valence-electron chi connectivity index (χ1n) is 4.81. The minimum Gasteiger partial charge on any atom is -0.464 e.